The second-order valence-corrected chi connectivity index (χ2v) is 5.19. The number of H-pyrrole nitrogens is 1. The minimum atomic E-state index is -0.386. The highest BCUT2D eigenvalue weighted by molar-refractivity contribution is 6.25. The third-order valence-electron chi connectivity index (χ3n) is 3.81. The Labute approximate surface area is 130 Å². The van der Waals surface area contributed by atoms with Gasteiger partial charge in [-0.15, -0.1) is 0 Å². The smallest absolute Gasteiger partial charge is 0.263 e. The Bertz CT molecular complexity index is 1010. The summed E-state index contributed by atoms with van der Waals surface area (Å²) in [4.78, 5) is 30.4. The van der Waals surface area contributed by atoms with Gasteiger partial charge in [0.2, 0.25) is 0 Å². The monoisotopic (exact) mass is 303 g/mol. The van der Waals surface area contributed by atoms with Crippen LogP contribution in [0.25, 0.3) is 11.0 Å². The van der Waals surface area contributed by atoms with Crippen LogP contribution in [0.1, 0.15) is 31.8 Å². The molecule has 4 rings (SSSR count). The molecule has 1 aliphatic heterocycles. The van der Waals surface area contributed by atoms with Gasteiger partial charge in [-0.25, -0.2) is 4.98 Å². The van der Waals surface area contributed by atoms with Gasteiger partial charge in [-0.1, -0.05) is 12.1 Å². The summed E-state index contributed by atoms with van der Waals surface area (Å²) in [5.41, 5.74) is 2.27. The van der Waals surface area contributed by atoms with E-state index in [9.17, 15) is 9.59 Å². The molecular formula is C16H9N5O2. The zero-order valence-corrected chi connectivity index (χ0v) is 11.8. The van der Waals surface area contributed by atoms with E-state index in [2.05, 4.69) is 15.2 Å². The summed E-state index contributed by atoms with van der Waals surface area (Å²) in [7, 11) is 0. The average Bonchev–Trinajstić information content (AvgIpc) is 3.14. The van der Waals surface area contributed by atoms with E-state index in [4.69, 9.17) is 5.26 Å². The van der Waals surface area contributed by atoms with E-state index >= 15 is 0 Å². The molecule has 1 aliphatic rings. The lowest BCUT2D eigenvalue weighted by Crippen LogP contribution is -2.29. The number of nitrogens with zero attached hydrogens (tertiary/aromatic N) is 4. The Hall–Kier alpha value is -3.53. The number of imide groups is 1. The summed E-state index contributed by atoms with van der Waals surface area (Å²) in [5.74, 6) is -0.760. The molecule has 2 amide bonds. The lowest BCUT2D eigenvalue weighted by molar-refractivity contribution is 0.0643. The fraction of sp³-hybridized carbons (Fsp3) is 0.0625. The first-order valence-electron chi connectivity index (χ1n) is 6.86. The molecule has 0 radical (unpaired) electrons. The molecule has 3 heterocycles. The minimum absolute atomic E-state index is 0.112. The van der Waals surface area contributed by atoms with E-state index in [0.717, 1.165) is 10.5 Å². The summed E-state index contributed by atoms with van der Waals surface area (Å²) < 4.78 is 0. The van der Waals surface area contributed by atoms with Gasteiger partial charge >= 0.3 is 0 Å². The quantitative estimate of drug-likeness (QED) is 0.725. The van der Waals surface area contributed by atoms with Crippen LogP contribution in [0.3, 0.4) is 0 Å². The van der Waals surface area contributed by atoms with Crippen molar-refractivity contribution in [2.75, 3.05) is 0 Å². The van der Waals surface area contributed by atoms with Gasteiger partial charge in [0.25, 0.3) is 11.8 Å². The molecule has 0 bridgehead atoms. The molecule has 0 atom stereocenters. The molecule has 7 nitrogen and oxygen atoms in total. The zero-order valence-electron chi connectivity index (χ0n) is 11.8. The van der Waals surface area contributed by atoms with E-state index in [1.807, 2.05) is 6.07 Å². The highest BCUT2D eigenvalue weighted by Crippen LogP contribution is 2.29. The van der Waals surface area contributed by atoms with Gasteiger partial charge in [0, 0.05) is 6.20 Å². The van der Waals surface area contributed by atoms with Crippen molar-refractivity contribution in [3.05, 3.63) is 58.9 Å². The Morgan fingerprint density at radius 2 is 2.09 bits per heavy atom. The Balaban J connectivity index is 1.75. The van der Waals surface area contributed by atoms with Crippen molar-refractivity contribution in [3.8, 4) is 6.07 Å². The summed E-state index contributed by atoms with van der Waals surface area (Å²) in [5, 5.41) is 16.0. The predicted molar refractivity (Wildman–Crippen MR) is 79.2 cm³/mol. The maximum absolute atomic E-state index is 12.6. The van der Waals surface area contributed by atoms with Crippen molar-refractivity contribution in [2.45, 2.75) is 6.54 Å². The molecule has 0 aliphatic carbocycles. The van der Waals surface area contributed by atoms with E-state index in [1.54, 1.807) is 24.3 Å². The van der Waals surface area contributed by atoms with Crippen LogP contribution < -0.4 is 0 Å². The van der Waals surface area contributed by atoms with Crippen LogP contribution >= 0.6 is 0 Å². The Kier molecular flexibility index (Phi) is 2.71. The zero-order chi connectivity index (χ0) is 16.0. The van der Waals surface area contributed by atoms with Crippen molar-refractivity contribution in [1.82, 2.24) is 20.1 Å². The number of nitriles is 1. The van der Waals surface area contributed by atoms with Gasteiger partial charge in [-0.05, 0) is 17.7 Å². The molecule has 7 heteroatoms. The van der Waals surface area contributed by atoms with E-state index in [-0.39, 0.29) is 23.9 Å². The molecule has 2 aromatic heterocycles. The average molecular weight is 303 g/mol. The number of hydrogen-bond donors (Lipinski definition) is 1. The highest BCUT2D eigenvalue weighted by Gasteiger charge is 2.37. The molecule has 1 N–H and O–H groups in total. The summed E-state index contributed by atoms with van der Waals surface area (Å²) in [6, 6.07) is 8.87. The molecule has 0 saturated carbocycles. The maximum Gasteiger partial charge on any atom is 0.263 e. The molecule has 110 valence electrons. The van der Waals surface area contributed by atoms with Crippen LogP contribution in [0.5, 0.6) is 0 Å². The van der Waals surface area contributed by atoms with Crippen LogP contribution in [0, 0.1) is 11.3 Å². The maximum atomic E-state index is 12.6. The van der Waals surface area contributed by atoms with Gasteiger partial charge < -0.3 is 0 Å². The molecule has 1 aromatic carbocycles. The van der Waals surface area contributed by atoms with Crippen LogP contribution in [0.15, 0.2) is 36.7 Å². The first-order chi connectivity index (χ1) is 11.2. The summed E-state index contributed by atoms with van der Waals surface area (Å²) in [6.07, 6.45) is 2.88. The fourth-order valence-electron chi connectivity index (χ4n) is 2.73. The number of hydrogen-bond acceptors (Lipinski definition) is 5. The number of benzene rings is 1. The molecule has 0 saturated heterocycles. The van der Waals surface area contributed by atoms with E-state index in [1.165, 1.54) is 12.4 Å². The number of aromatic nitrogens is 3. The number of rotatable bonds is 2. The van der Waals surface area contributed by atoms with Crippen molar-refractivity contribution in [1.29, 1.82) is 5.26 Å². The first-order valence-corrected chi connectivity index (χ1v) is 6.86. The number of aromatic amines is 1. The summed E-state index contributed by atoms with van der Waals surface area (Å²) in [6.45, 7) is 0.112. The van der Waals surface area contributed by atoms with Gasteiger partial charge in [-0.2, -0.15) is 10.4 Å². The van der Waals surface area contributed by atoms with E-state index in [0.29, 0.717) is 22.2 Å². The van der Waals surface area contributed by atoms with Crippen molar-refractivity contribution in [3.63, 3.8) is 0 Å². The molecule has 3 aromatic rings. The van der Waals surface area contributed by atoms with E-state index < -0.39 is 0 Å². The standard InChI is InChI=1S/C16H9N5O2/c17-5-9-2-1-3-10(4-9)8-21-15(22)12-6-18-14-11(7-19-20-14)13(12)16(21)23/h1-4,6-7H,8H2,(H,18,19,20). The largest absolute Gasteiger partial charge is 0.270 e. The normalized spacial score (nSPS) is 13.4. The topological polar surface area (TPSA) is 103 Å². The van der Waals surface area contributed by atoms with Gasteiger partial charge in [0.05, 0.1) is 40.9 Å². The van der Waals surface area contributed by atoms with Crippen LogP contribution in [0.2, 0.25) is 0 Å². The SMILES string of the molecule is N#Cc1cccc(CN2C(=O)c3cnc4[nH]ncc4c3C2=O)c1. The number of pyridine rings is 1. The summed E-state index contributed by atoms with van der Waals surface area (Å²) >= 11 is 0. The van der Waals surface area contributed by atoms with Gasteiger partial charge in [0.1, 0.15) is 0 Å². The number of amides is 2. The van der Waals surface area contributed by atoms with Crippen molar-refractivity contribution >= 4 is 22.8 Å². The molecule has 0 spiro atoms. The predicted octanol–water partition coefficient (Wildman–Crippen LogP) is 1.63. The minimum Gasteiger partial charge on any atom is -0.270 e. The van der Waals surface area contributed by atoms with Crippen LogP contribution in [0.4, 0.5) is 0 Å². The second kappa shape index (κ2) is 4.74. The molecule has 0 fully saturated rings. The van der Waals surface area contributed by atoms with Crippen LogP contribution in [-0.2, 0) is 6.54 Å². The van der Waals surface area contributed by atoms with Crippen molar-refractivity contribution in [2.24, 2.45) is 0 Å². The fourth-order valence-corrected chi connectivity index (χ4v) is 2.73. The van der Waals surface area contributed by atoms with Crippen molar-refractivity contribution < 1.29 is 9.59 Å². The third kappa shape index (κ3) is 1.89. The van der Waals surface area contributed by atoms with Gasteiger partial charge in [0.15, 0.2) is 5.65 Å². The first kappa shape index (κ1) is 13.2. The van der Waals surface area contributed by atoms with Crippen LogP contribution in [-0.4, -0.2) is 31.9 Å². The number of carbonyl (C=O) groups excluding carboxylic acids is 2. The lowest BCUT2D eigenvalue weighted by atomic mass is 10.1. The molecule has 23 heavy (non-hydrogen) atoms. The lowest BCUT2D eigenvalue weighted by Gasteiger charge is -2.13. The molecule has 0 unspecified atom stereocenters. The third-order valence-corrected chi connectivity index (χ3v) is 3.81. The number of carbonyl (C=O) groups is 2. The highest BCUT2D eigenvalue weighted by atomic mass is 16.2. The van der Waals surface area contributed by atoms with Gasteiger partial charge in [-0.3, -0.25) is 19.6 Å². The Morgan fingerprint density at radius 3 is 2.91 bits per heavy atom. The number of nitrogens with one attached hydrogen (secondary N) is 1. The number of fused-ring (bicyclic) bond motifs is 3. The second-order valence-electron chi connectivity index (χ2n) is 5.19. The molecular weight excluding hydrogens is 294 g/mol. The Morgan fingerprint density at radius 1 is 1.22 bits per heavy atom.